The van der Waals surface area contributed by atoms with Gasteiger partial charge in [-0.1, -0.05) is 11.6 Å². The van der Waals surface area contributed by atoms with Crippen LogP contribution in [-0.4, -0.2) is 22.9 Å². The Bertz CT molecular complexity index is 451. The van der Waals surface area contributed by atoms with Crippen LogP contribution >= 0.6 is 11.6 Å². The summed E-state index contributed by atoms with van der Waals surface area (Å²) in [6.07, 6.45) is 3.30. The molecule has 0 spiro atoms. The summed E-state index contributed by atoms with van der Waals surface area (Å²) >= 11 is 6.11. The topological polar surface area (TPSA) is 46.3 Å². The molecule has 18 heavy (non-hydrogen) atoms. The Labute approximate surface area is 113 Å². The van der Waals surface area contributed by atoms with Gasteiger partial charge in [-0.05, 0) is 51.3 Å². The third kappa shape index (κ3) is 2.46. The van der Waals surface area contributed by atoms with Crippen molar-refractivity contribution >= 4 is 23.2 Å². The molecule has 3 nitrogen and oxygen atoms in total. The summed E-state index contributed by atoms with van der Waals surface area (Å²) in [5.74, 6) is 0.0136. The lowest BCUT2D eigenvalue weighted by atomic mass is 9.96. The molecule has 1 saturated heterocycles. The Morgan fingerprint density at radius 3 is 2.50 bits per heavy atom. The first kappa shape index (κ1) is 13.2. The van der Waals surface area contributed by atoms with Crippen LogP contribution in [0.3, 0.4) is 0 Å². The number of carbonyl (C=O) groups is 1. The van der Waals surface area contributed by atoms with Crippen LogP contribution in [-0.2, 0) is 0 Å². The van der Waals surface area contributed by atoms with Crippen molar-refractivity contribution in [2.75, 3.05) is 5.73 Å². The number of nitrogen functional groups attached to an aromatic ring is 1. The van der Waals surface area contributed by atoms with Gasteiger partial charge in [-0.2, -0.15) is 0 Å². The van der Waals surface area contributed by atoms with Gasteiger partial charge in [0.05, 0.1) is 10.6 Å². The Balaban J connectivity index is 2.29. The first-order valence-corrected chi connectivity index (χ1v) is 6.76. The van der Waals surface area contributed by atoms with E-state index >= 15 is 0 Å². The Morgan fingerprint density at radius 2 is 1.94 bits per heavy atom. The molecule has 0 bridgehead atoms. The summed E-state index contributed by atoms with van der Waals surface area (Å²) in [5, 5.41) is 0.435. The van der Waals surface area contributed by atoms with Crippen molar-refractivity contribution < 1.29 is 4.79 Å². The molecule has 1 amide bonds. The first-order valence-electron chi connectivity index (χ1n) is 6.38. The van der Waals surface area contributed by atoms with Gasteiger partial charge in [0.1, 0.15) is 0 Å². The monoisotopic (exact) mass is 266 g/mol. The van der Waals surface area contributed by atoms with Crippen molar-refractivity contribution in [2.24, 2.45) is 0 Å². The number of likely N-dealkylation sites (tertiary alicyclic amines) is 1. The zero-order valence-electron chi connectivity index (χ0n) is 10.8. The number of amides is 1. The summed E-state index contributed by atoms with van der Waals surface area (Å²) in [6.45, 7) is 4.19. The van der Waals surface area contributed by atoms with Crippen LogP contribution in [0.2, 0.25) is 5.02 Å². The predicted octanol–water partition coefficient (Wildman–Crippen LogP) is 3.33. The average Bonchev–Trinajstić information content (AvgIpc) is 2.28. The Hall–Kier alpha value is -1.22. The fraction of sp³-hybridized carbons (Fsp3) is 0.500. The quantitative estimate of drug-likeness (QED) is 0.793. The zero-order chi connectivity index (χ0) is 13.3. The number of benzene rings is 1. The van der Waals surface area contributed by atoms with E-state index in [0.29, 0.717) is 16.3 Å². The molecular formula is C14H19ClN2O. The summed E-state index contributed by atoms with van der Waals surface area (Å²) in [4.78, 5) is 14.5. The molecule has 0 radical (unpaired) electrons. The van der Waals surface area contributed by atoms with Gasteiger partial charge in [0.25, 0.3) is 5.91 Å². The van der Waals surface area contributed by atoms with Crippen LogP contribution in [0.4, 0.5) is 5.69 Å². The number of anilines is 1. The van der Waals surface area contributed by atoms with E-state index < -0.39 is 0 Å². The molecule has 1 fully saturated rings. The normalized spacial score (nSPS) is 24.1. The van der Waals surface area contributed by atoms with Crippen LogP contribution in [0.25, 0.3) is 0 Å². The van der Waals surface area contributed by atoms with Gasteiger partial charge in [-0.25, -0.2) is 0 Å². The molecule has 0 aliphatic carbocycles. The molecule has 2 N–H and O–H groups in total. The number of rotatable bonds is 1. The molecule has 98 valence electrons. The van der Waals surface area contributed by atoms with Crippen LogP contribution in [0.15, 0.2) is 18.2 Å². The summed E-state index contributed by atoms with van der Waals surface area (Å²) < 4.78 is 0. The lowest BCUT2D eigenvalue weighted by Crippen LogP contribution is -2.47. The average molecular weight is 267 g/mol. The highest BCUT2D eigenvalue weighted by Gasteiger charge is 2.30. The highest BCUT2D eigenvalue weighted by molar-refractivity contribution is 6.34. The third-order valence-electron chi connectivity index (χ3n) is 3.65. The maximum Gasteiger partial charge on any atom is 0.255 e. The van der Waals surface area contributed by atoms with Gasteiger partial charge in [0.2, 0.25) is 0 Å². The zero-order valence-corrected chi connectivity index (χ0v) is 11.6. The first-order chi connectivity index (χ1) is 8.50. The van der Waals surface area contributed by atoms with Crippen molar-refractivity contribution in [2.45, 2.75) is 45.2 Å². The van der Waals surface area contributed by atoms with Crippen molar-refractivity contribution in [3.05, 3.63) is 28.8 Å². The molecule has 1 heterocycles. The number of nitrogens with two attached hydrogens (primary N) is 1. The van der Waals surface area contributed by atoms with Crippen LogP contribution < -0.4 is 5.73 Å². The number of halogens is 1. The second-order valence-corrected chi connectivity index (χ2v) is 5.49. The van der Waals surface area contributed by atoms with Crippen molar-refractivity contribution in [1.82, 2.24) is 4.90 Å². The predicted molar refractivity (Wildman–Crippen MR) is 74.8 cm³/mol. The lowest BCUT2D eigenvalue weighted by Gasteiger charge is -2.39. The van der Waals surface area contributed by atoms with Gasteiger partial charge in [-0.15, -0.1) is 0 Å². The van der Waals surface area contributed by atoms with E-state index in [2.05, 4.69) is 13.8 Å². The second kappa shape index (κ2) is 5.19. The van der Waals surface area contributed by atoms with E-state index in [9.17, 15) is 4.79 Å². The number of nitrogens with zero attached hydrogens (tertiary/aromatic N) is 1. The van der Waals surface area contributed by atoms with Crippen LogP contribution in [0.5, 0.6) is 0 Å². The molecule has 4 heteroatoms. The van der Waals surface area contributed by atoms with Crippen LogP contribution in [0.1, 0.15) is 43.5 Å². The number of hydrogen-bond acceptors (Lipinski definition) is 2. The molecule has 1 aromatic carbocycles. The minimum atomic E-state index is 0.0136. The van der Waals surface area contributed by atoms with E-state index in [1.807, 2.05) is 4.90 Å². The number of piperidine rings is 1. The van der Waals surface area contributed by atoms with Gasteiger partial charge >= 0.3 is 0 Å². The van der Waals surface area contributed by atoms with E-state index in [1.165, 1.54) is 6.42 Å². The summed E-state index contributed by atoms with van der Waals surface area (Å²) in [5.41, 5.74) is 6.78. The fourth-order valence-corrected chi connectivity index (χ4v) is 2.94. The Kier molecular flexibility index (Phi) is 3.81. The number of carbonyl (C=O) groups excluding carboxylic acids is 1. The van der Waals surface area contributed by atoms with E-state index in [1.54, 1.807) is 18.2 Å². The van der Waals surface area contributed by atoms with Crippen molar-refractivity contribution in [3.8, 4) is 0 Å². The fourth-order valence-electron chi connectivity index (χ4n) is 2.67. The molecule has 0 saturated carbocycles. The highest BCUT2D eigenvalue weighted by Crippen LogP contribution is 2.27. The van der Waals surface area contributed by atoms with E-state index in [4.69, 9.17) is 17.3 Å². The maximum atomic E-state index is 12.6. The maximum absolute atomic E-state index is 12.6. The van der Waals surface area contributed by atoms with Gasteiger partial charge in [-0.3, -0.25) is 4.79 Å². The SMILES string of the molecule is C[C@@H]1CCC[C@H](C)N1C(=O)c1ccc(N)cc1Cl. The van der Waals surface area contributed by atoms with Gasteiger partial charge in [0, 0.05) is 17.8 Å². The van der Waals surface area contributed by atoms with Crippen molar-refractivity contribution in [3.63, 3.8) is 0 Å². The molecule has 2 rings (SSSR count). The Morgan fingerprint density at radius 1 is 1.33 bits per heavy atom. The second-order valence-electron chi connectivity index (χ2n) is 5.08. The molecule has 0 unspecified atom stereocenters. The standard InChI is InChI=1S/C14H19ClN2O/c1-9-4-3-5-10(2)17(9)14(18)12-7-6-11(16)8-13(12)15/h6-10H,3-5,16H2,1-2H3/t9-,10+. The minimum absolute atomic E-state index is 0.0136. The van der Waals surface area contributed by atoms with Gasteiger partial charge in [0.15, 0.2) is 0 Å². The molecule has 2 atom stereocenters. The summed E-state index contributed by atoms with van der Waals surface area (Å²) in [6, 6.07) is 5.62. The van der Waals surface area contributed by atoms with E-state index in [0.717, 1.165) is 12.8 Å². The highest BCUT2D eigenvalue weighted by atomic mass is 35.5. The smallest absolute Gasteiger partial charge is 0.255 e. The van der Waals surface area contributed by atoms with Gasteiger partial charge < -0.3 is 10.6 Å². The molecule has 1 aliphatic heterocycles. The lowest BCUT2D eigenvalue weighted by molar-refractivity contribution is 0.0511. The minimum Gasteiger partial charge on any atom is -0.399 e. The van der Waals surface area contributed by atoms with Crippen LogP contribution in [0, 0.1) is 0 Å². The summed E-state index contributed by atoms with van der Waals surface area (Å²) in [7, 11) is 0. The molecule has 1 aliphatic rings. The van der Waals surface area contributed by atoms with E-state index in [-0.39, 0.29) is 18.0 Å². The van der Waals surface area contributed by atoms with Crippen molar-refractivity contribution in [1.29, 1.82) is 0 Å². The third-order valence-corrected chi connectivity index (χ3v) is 3.96. The number of hydrogen-bond donors (Lipinski definition) is 1. The molecule has 0 aromatic heterocycles. The largest absolute Gasteiger partial charge is 0.399 e. The molecular weight excluding hydrogens is 248 g/mol. The molecule has 1 aromatic rings.